The maximum Gasteiger partial charge on any atom is 0.223 e. The summed E-state index contributed by atoms with van der Waals surface area (Å²) in [6.07, 6.45) is 5.62. The van der Waals surface area contributed by atoms with Crippen molar-refractivity contribution in [3.63, 3.8) is 0 Å². The Morgan fingerprint density at radius 1 is 1.06 bits per heavy atom. The van der Waals surface area contributed by atoms with E-state index in [1.807, 2.05) is 4.57 Å². The first-order chi connectivity index (χ1) is 14.9. The molecule has 0 amide bonds. The van der Waals surface area contributed by atoms with Crippen LogP contribution < -0.4 is 5.73 Å². The molecule has 0 unspecified atom stereocenters. The Morgan fingerprint density at radius 2 is 1.62 bits per heavy atom. The molecule has 2 aliphatic rings. The van der Waals surface area contributed by atoms with E-state index in [2.05, 4.69) is 30.9 Å². The van der Waals surface area contributed by atoms with Gasteiger partial charge in [-0.15, -0.1) is 0 Å². The van der Waals surface area contributed by atoms with Gasteiger partial charge in [0.25, 0.3) is 0 Å². The van der Waals surface area contributed by atoms with E-state index in [0.29, 0.717) is 17.7 Å². The molecule has 0 radical (unpaired) electrons. The van der Waals surface area contributed by atoms with Crippen molar-refractivity contribution in [1.29, 1.82) is 0 Å². The Labute approximate surface area is 202 Å². The lowest BCUT2D eigenvalue weighted by atomic mass is 10.2. The molecular weight excluding hydrogens is 540 g/mol. The highest BCUT2D eigenvalue weighted by molar-refractivity contribution is 9.09. The van der Waals surface area contributed by atoms with Gasteiger partial charge in [-0.1, -0.05) is 27.5 Å². The normalized spacial score (nSPS) is 26.3. The molecule has 13 heteroatoms. The van der Waals surface area contributed by atoms with Crippen molar-refractivity contribution in [3.05, 3.63) is 11.5 Å². The molecule has 2 saturated heterocycles. The number of ether oxygens (including phenoxy) is 2. The number of rotatable bonds is 5. The van der Waals surface area contributed by atoms with Crippen LogP contribution in [0.15, 0.2) is 6.33 Å². The summed E-state index contributed by atoms with van der Waals surface area (Å²) in [6, 6.07) is 0. The van der Waals surface area contributed by atoms with Gasteiger partial charge in [0.05, 0.1) is 25.1 Å². The summed E-state index contributed by atoms with van der Waals surface area (Å²) in [5.41, 5.74) is 6.74. The number of nitrogens with zero attached hydrogens (tertiary/aromatic N) is 4. The summed E-state index contributed by atoms with van der Waals surface area (Å²) >= 11 is 9.36. The van der Waals surface area contributed by atoms with E-state index in [4.69, 9.17) is 26.8 Å². The number of nitrogens with two attached hydrogens (primary N) is 1. The molecule has 0 aromatic carbocycles. The number of hydrogen-bond acceptors (Lipinski definition) is 8. The first-order valence-corrected chi connectivity index (χ1v) is 17.3. The Bertz CT molecular complexity index is 1040. The SMILES string of the molecule is CP(C)(=O)[C@H]1CC[C@@H](CBr)O1.CP(C)(=O)[C@H]1CC[C@@H](Cn2cnc3c(Cl)nc(N)nc32)O1. The zero-order valence-electron chi connectivity index (χ0n) is 18.8. The smallest absolute Gasteiger partial charge is 0.223 e. The number of alkyl halides is 1. The maximum absolute atomic E-state index is 12.1. The van der Waals surface area contributed by atoms with E-state index in [1.54, 1.807) is 33.0 Å². The highest BCUT2D eigenvalue weighted by Crippen LogP contribution is 2.49. The third-order valence-corrected chi connectivity index (χ3v) is 10.1. The minimum absolute atomic E-state index is 0.00408. The van der Waals surface area contributed by atoms with Gasteiger partial charge in [-0.2, -0.15) is 9.97 Å². The minimum atomic E-state index is -2.22. The molecular formula is C19H31BrClN5O4P2. The number of fused-ring (bicyclic) bond motifs is 1. The number of halogens is 2. The molecule has 0 aliphatic carbocycles. The molecule has 2 N–H and O–H groups in total. The number of hydrogen-bond donors (Lipinski definition) is 1. The second kappa shape index (κ2) is 10.4. The number of anilines is 1. The minimum Gasteiger partial charge on any atom is -0.368 e. The molecule has 2 aromatic rings. The molecule has 32 heavy (non-hydrogen) atoms. The van der Waals surface area contributed by atoms with Crippen molar-refractivity contribution in [2.75, 3.05) is 37.7 Å². The van der Waals surface area contributed by atoms with E-state index in [9.17, 15) is 9.13 Å². The number of imidazole rings is 1. The zero-order chi connectivity index (χ0) is 23.7. The van der Waals surface area contributed by atoms with Crippen LogP contribution in [0.1, 0.15) is 25.7 Å². The van der Waals surface area contributed by atoms with Gasteiger partial charge in [0.2, 0.25) is 5.95 Å². The van der Waals surface area contributed by atoms with Crippen LogP contribution in [0.3, 0.4) is 0 Å². The van der Waals surface area contributed by atoms with Gasteiger partial charge in [-0.3, -0.25) is 0 Å². The van der Waals surface area contributed by atoms with Crippen LogP contribution in [0, 0.1) is 0 Å². The van der Waals surface area contributed by atoms with Crippen LogP contribution in [0.25, 0.3) is 11.2 Å². The van der Waals surface area contributed by atoms with Gasteiger partial charge in [-0.25, -0.2) is 4.98 Å². The van der Waals surface area contributed by atoms with Crippen LogP contribution in [0.2, 0.25) is 5.15 Å². The summed E-state index contributed by atoms with van der Waals surface area (Å²) in [5, 5.41) is 1.11. The highest BCUT2D eigenvalue weighted by Gasteiger charge is 2.34. The van der Waals surface area contributed by atoms with Gasteiger partial charge in [0, 0.05) is 5.33 Å². The van der Waals surface area contributed by atoms with E-state index in [-0.39, 0.29) is 35.0 Å². The number of aromatic nitrogens is 4. The largest absolute Gasteiger partial charge is 0.368 e. The monoisotopic (exact) mass is 569 g/mol. The van der Waals surface area contributed by atoms with Gasteiger partial charge in [-0.05, 0) is 52.3 Å². The van der Waals surface area contributed by atoms with Crippen LogP contribution in [-0.4, -0.2) is 75.4 Å². The van der Waals surface area contributed by atoms with Gasteiger partial charge in [0.1, 0.15) is 31.5 Å². The lowest BCUT2D eigenvalue weighted by Gasteiger charge is -2.17. The third-order valence-electron chi connectivity index (χ3n) is 5.57. The molecule has 9 nitrogen and oxygen atoms in total. The van der Waals surface area contributed by atoms with Crippen molar-refractivity contribution >= 4 is 58.9 Å². The van der Waals surface area contributed by atoms with Crippen molar-refractivity contribution in [3.8, 4) is 0 Å². The van der Waals surface area contributed by atoms with Crippen molar-refractivity contribution in [1.82, 2.24) is 19.5 Å². The topological polar surface area (TPSA) is 122 Å². The van der Waals surface area contributed by atoms with E-state index in [1.165, 1.54) is 0 Å². The Hall–Kier alpha value is -0.500. The third kappa shape index (κ3) is 6.55. The zero-order valence-corrected chi connectivity index (χ0v) is 22.9. The molecule has 2 fully saturated rings. The highest BCUT2D eigenvalue weighted by atomic mass is 79.9. The fourth-order valence-electron chi connectivity index (χ4n) is 3.81. The van der Waals surface area contributed by atoms with Crippen LogP contribution in [0.5, 0.6) is 0 Å². The standard InChI is InChI=1S/C12H17ClN5O2P.C7H14BrO2P/c1-21(2,19)8-4-3-7(20-8)5-18-6-15-9-10(13)16-12(14)17-11(9)18;1-11(2,9)7-4-3-6(5-8)10-7/h6-8H,3-5H2,1-2H3,(H2,14,16,17);6-7H,3-5H2,1-2H3/t7-,8-;6-,7-/m00/s1. The van der Waals surface area contributed by atoms with Gasteiger partial charge < -0.3 is 28.9 Å². The van der Waals surface area contributed by atoms with Crippen molar-refractivity contribution in [2.24, 2.45) is 0 Å². The van der Waals surface area contributed by atoms with Crippen LogP contribution in [-0.2, 0) is 25.1 Å². The van der Waals surface area contributed by atoms with Gasteiger partial charge in [0.15, 0.2) is 10.8 Å². The fraction of sp³-hybridized carbons (Fsp3) is 0.737. The molecule has 2 aliphatic heterocycles. The molecule has 180 valence electrons. The van der Waals surface area contributed by atoms with Crippen molar-refractivity contribution in [2.45, 2.75) is 56.1 Å². The summed E-state index contributed by atoms with van der Waals surface area (Å²) < 4.78 is 36.9. The van der Waals surface area contributed by atoms with Gasteiger partial charge >= 0.3 is 0 Å². The van der Waals surface area contributed by atoms with E-state index < -0.39 is 14.3 Å². The second-order valence-corrected chi connectivity index (χ2v) is 16.9. The fourth-order valence-corrected chi connectivity index (χ4v) is 6.98. The summed E-state index contributed by atoms with van der Waals surface area (Å²) in [4.78, 5) is 12.3. The summed E-state index contributed by atoms with van der Waals surface area (Å²) in [6.45, 7) is 7.71. The first kappa shape index (κ1) is 26.1. The molecule has 4 rings (SSSR count). The Kier molecular flexibility index (Phi) is 8.49. The average molecular weight is 571 g/mol. The predicted octanol–water partition coefficient (Wildman–Crippen LogP) is 4.70. The summed E-state index contributed by atoms with van der Waals surface area (Å²) in [7, 11) is -4.23. The molecule has 4 heterocycles. The molecule has 2 aromatic heterocycles. The number of nitrogen functional groups attached to an aromatic ring is 1. The van der Waals surface area contributed by atoms with Crippen molar-refractivity contribution < 1.29 is 18.6 Å². The molecule has 0 saturated carbocycles. The molecule has 0 spiro atoms. The Morgan fingerprint density at radius 3 is 2.12 bits per heavy atom. The van der Waals surface area contributed by atoms with Crippen LogP contribution in [0.4, 0.5) is 5.95 Å². The Balaban J connectivity index is 0.000000222. The average Bonchev–Trinajstić information content (AvgIpc) is 3.41. The molecule has 4 atom stereocenters. The first-order valence-electron chi connectivity index (χ1n) is 10.5. The van der Waals surface area contributed by atoms with Crippen LogP contribution >= 0.6 is 41.8 Å². The molecule has 0 bridgehead atoms. The summed E-state index contributed by atoms with van der Waals surface area (Å²) in [5.74, 6) is -0.0169. The maximum atomic E-state index is 12.1. The van der Waals surface area contributed by atoms with E-state index in [0.717, 1.165) is 31.0 Å². The second-order valence-electron chi connectivity index (χ2n) is 9.04. The predicted molar refractivity (Wildman–Crippen MR) is 133 cm³/mol. The van der Waals surface area contributed by atoms with E-state index >= 15 is 0 Å². The lowest BCUT2D eigenvalue weighted by molar-refractivity contribution is 0.0749. The quantitative estimate of drug-likeness (QED) is 0.312. The lowest BCUT2D eigenvalue weighted by Crippen LogP contribution is -2.17.